The number of nitrogens with zero attached hydrogens (tertiary/aromatic N) is 2. The number of halogens is 1. The summed E-state index contributed by atoms with van der Waals surface area (Å²) >= 11 is 5.76. The summed E-state index contributed by atoms with van der Waals surface area (Å²) in [5.74, 6) is 0. The van der Waals surface area contributed by atoms with Crippen molar-refractivity contribution >= 4 is 11.6 Å². The van der Waals surface area contributed by atoms with Gasteiger partial charge in [0.05, 0.1) is 6.61 Å². The molecule has 1 aromatic rings. The molecule has 78 valence electrons. The Balaban J connectivity index is 2.60. The number of aliphatic hydroxyl groups is 1. The Labute approximate surface area is 89.3 Å². The minimum atomic E-state index is 0.155. The van der Waals surface area contributed by atoms with Crippen molar-refractivity contribution in [2.24, 2.45) is 0 Å². The van der Waals surface area contributed by atoms with Crippen LogP contribution in [0, 0.1) is 0 Å². The van der Waals surface area contributed by atoms with Crippen LogP contribution in [0.2, 0.25) is 5.15 Å². The summed E-state index contributed by atoms with van der Waals surface area (Å²) in [5.41, 5.74) is 1.10. The van der Waals surface area contributed by atoms with Crippen LogP contribution in [-0.2, 0) is 6.54 Å². The van der Waals surface area contributed by atoms with Crippen LogP contribution in [0.4, 0.5) is 0 Å². The van der Waals surface area contributed by atoms with Gasteiger partial charge in [-0.05, 0) is 31.7 Å². The number of hydrogen-bond donors (Lipinski definition) is 1. The first-order valence-electron chi connectivity index (χ1n) is 4.55. The van der Waals surface area contributed by atoms with E-state index in [-0.39, 0.29) is 12.6 Å². The standard InChI is InChI=1S/C10H15ClN2O/c1-8(7-14)13(2)6-9-3-4-12-10(11)5-9/h3-5,8,14H,6-7H2,1-2H3. The van der Waals surface area contributed by atoms with Crippen LogP contribution in [0.3, 0.4) is 0 Å². The molecule has 0 aliphatic rings. The minimum absolute atomic E-state index is 0.155. The predicted octanol–water partition coefficient (Wildman–Crippen LogP) is 1.55. The van der Waals surface area contributed by atoms with Crippen molar-refractivity contribution in [2.75, 3.05) is 13.7 Å². The Bertz CT molecular complexity index is 293. The van der Waals surface area contributed by atoms with Gasteiger partial charge in [0.2, 0.25) is 0 Å². The number of aliphatic hydroxyl groups excluding tert-OH is 1. The second-order valence-corrected chi connectivity index (χ2v) is 3.82. The van der Waals surface area contributed by atoms with Crippen LogP contribution in [-0.4, -0.2) is 34.7 Å². The van der Waals surface area contributed by atoms with Gasteiger partial charge in [0.1, 0.15) is 5.15 Å². The maximum Gasteiger partial charge on any atom is 0.129 e. The molecule has 0 spiro atoms. The molecule has 1 heterocycles. The fourth-order valence-electron chi connectivity index (χ4n) is 1.12. The molecule has 14 heavy (non-hydrogen) atoms. The zero-order valence-corrected chi connectivity index (χ0v) is 9.20. The Morgan fingerprint density at radius 1 is 1.64 bits per heavy atom. The largest absolute Gasteiger partial charge is 0.395 e. The van der Waals surface area contributed by atoms with E-state index in [9.17, 15) is 0 Å². The highest BCUT2D eigenvalue weighted by atomic mass is 35.5. The van der Waals surface area contributed by atoms with Gasteiger partial charge >= 0.3 is 0 Å². The molecule has 1 atom stereocenters. The fraction of sp³-hybridized carbons (Fsp3) is 0.500. The van der Waals surface area contributed by atoms with E-state index in [0.717, 1.165) is 12.1 Å². The van der Waals surface area contributed by atoms with Crippen molar-refractivity contribution in [3.8, 4) is 0 Å². The molecular formula is C10H15ClN2O. The average molecular weight is 215 g/mol. The van der Waals surface area contributed by atoms with Gasteiger partial charge in [-0.15, -0.1) is 0 Å². The lowest BCUT2D eigenvalue weighted by Gasteiger charge is -2.22. The fourth-order valence-corrected chi connectivity index (χ4v) is 1.32. The van der Waals surface area contributed by atoms with Crippen LogP contribution >= 0.6 is 11.6 Å². The van der Waals surface area contributed by atoms with Gasteiger partial charge < -0.3 is 5.11 Å². The van der Waals surface area contributed by atoms with E-state index in [2.05, 4.69) is 9.88 Å². The van der Waals surface area contributed by atoms with Crippen molar-refractivity contribution < 1.29 is 5.11 Å². The van der Waals surface area contributed by atoms with Crippen LogP contribution in [0.1, 0.15) is 12.5 Å². The van der Waals surface area contributed by atoms with E-state index in [1.807, 2.05) is 26.1 Å². The van der Waals surface area contributed by atoms with E-state index in [0.29, 0.717) is 5.15 Å². The molecule has 1 N–H and O–H groups in total. The second-order valence-electron chi connectivity index (χ2n) is 3.43. The zero-order chi connectivity index (χ0) is 10.6. The Morgan fingerprint density at radius 3 is 2.93 bits per heavy atom. The second kappa shape index (κ2) is 5.29. The number of likely N-dealkylation sites (N-methyl/N-ethyl adjacent to an activating group) is 1. The molecule has 3 nitrogen and oxygen atoms in total. The van der Waals surface area contributed by atoms with Crippen LogP contribution in [0.15, 0.2) is 18.3 Å². The molecule has 0 aliphatic carbocycles. The molecule has 1 rings (SSSR count). The molecular weight excluding hydrogens is 200 g/mol. The number of rotatable bonds is 4. The zero-order valence-electron chi connectivity index (χ0n) is 8.44. The molecule has 0 bridgehead atoms. The number of pyridine rings is 1. The van der Waals surface area contributed by atoms with Crippen molar-refractivity contribution in [1.29, 1.82) is 0 Å². The van der Waals surface area contributed by atoms with Gasteiger partial charge in [-0.1, -0.05) is 11.6 Å². The lowest BCUT2D eigenvalue weighted by atomic mass is 10.2. The summed E-state index contributed by atoms with van der Waals surface area (Å²) in [6, 6.07) is 3.91. The van der Waals surface area contributed by atoms with Gasteiger partial charge in [0.25, 0.3) is 0 Å². The Hall–Kier alpha value is -0.640. The first kappa shape index (κ1) is 11.4. The molecule has 0 radical (unpaired) electrons. The van der Waals surface area contributed by atoms with Crippen molar-refractivity contribution in [2.45, 2.75) is 19.5 Å². The molecule has 0 aromatic carbocycles. The van der Waals surface area contributed by atoms with E-state index >= 15 is 0 Å². The lowest BCUT2D eigenvalue weighted by Crippen LogP contribution is -2.31. The van der Waals surface area contributed by atoms with Gasteiger partial charge in [-0.2, -0.15) is 0 Å². The van der Waals surface area contributed by atoms with E-state index < -0.39 is 0 Å². The van der Waals surface area contributed by atoms with Crippen molar-refractivity contribution in [1.82, 2.24) is 9.88 Å². The monoisotopic (exact) mass is 214 g/mol. The molecule has 0 amide bonds. The van der Waals surface area contributed by atoms with Crippen molar-refractivity contribution in [3.63, 3.8) is 0 Å². The maximum atomic E-state index is 8.96. The summed E-state index contributed by atoms with van der Waals surface area (Å²) < 4.78 is 0. The quantitative estimate of drug-likeness (QED) is 0.773. The molecule has 0 aliphatic heterocycles. The molecule has 0 saturated heterocycles. The smallest absolute Gasteiger partial charge is 0.129 e. The molecule has 4 heteroatoms. The topological polar surface area (TPSA) is 36.4 Å². The number of aromatic nitrogens is 1. The molecule has 1 unspecified atom stereocenters. The summed E-state index contributed by atoms with van der Waals surface area (Å²) in [6.07, 6.45) is 1.69. The molecule has 0 saturated carbocycles. The summed E-state index contributed by atoms with van der Waals surface area (Å²) in [5, 5.41) is 9.46. The summed E-state index contributed by atoms with van der Waals surface area (Å²) in [4.78, 5) is 5.97. The SMILES string of the molecule is CC(CO)N(C)Cc1ccnc(Cl)c1. The first-order valence-corrected chi connectivity index (χ1v) is 4.93. The predicted molar refractivity (Wildman–Crippen MR) is 57.3 cm³/mol. The van der Waals surface area contributed by atoms with Crippen LogP contribution < -0.4 is 0 Å². The summed E-state index contributed by atoms with van der Waals surface area (Å²) in [7, 11) is 1.97. The Kier molecular flexibility index (Phi) is 4.32. The van der Waals surface area contributed by atoms with Gasteiger partial charge in [0.15, 0.2) is 0 Å². The van der Waals surface area contributed by atoms with Crippen LogP contribution in [0.5, 0.6) is 0 Å². The normalized spacial score (nSPS) is 13.2. The first-order chi connectivity index (χ1) is 6.63. The third kappa shape index (κ3) is 3.25. The van der Waals surface area contributed by atoms with Crippen molar-refractivity contribution in [3.05, 3.63) is 29.0 Å². The third-order valence-electron chi connectivity index (χ3n) is 2.24. The number of hydrogen-bond acceptors (Lipinski definition) is 3. The highest BCUT2D eigenvalue weighted by Crippen LogP contribution is 2.10. The highest BCUT2D eigenvalue weighted by Gasteiger charge is 2.08. The third-order valence-corrected chi connectivity index (χ3v) is 2.45. The summed E-state index contributed by atoms with van der Waals surface area (Å²) in [6.45, 7) is 2.90. The van der Waals surface area contributed by atoms with E-state index in [4.69, 9.17) is 16.7 Å². The minimum Gasteiger partial charge on any atom is -0.395 e. The van der Waals surface area contributed by atoms with E-state index in [1.54, 1.807) is 6.20 Å². The lowest BCUT2D eigenvalue weighted by molar-refractivity contribution is 0.154. The molecule has 0 fully saturated rings. The molecule has 1 aromatic heterocycles. The highest BCUT2D eigenvalue weighted by molar-refractivity contribution is 6.29. The van der Waals surface area contributed by atoms with Gasteiger partial charge in [-0.3, -0.25) is 4.90 Å². The van der Waals surface area contributed by atoms with Gasteiger partial charge in [-0.25, -0.2) is 4.98 Å². The maximum absolute atomic E-state index is 8.96. The van der Waals surface area contributed by atoms with Gasteiger partial charge in [0, 0.05) is 18.8 Å². The Morgan fingerprint density at radius 2 is 2.36 bits per heavy atom. The average Bonchev–Trinajstić information content (AvgIpc) is 2.16. The van der Waals surface area contributed by atoms with E-state index in [1.165, 1.54) is 0 Å². The van der Waals surface area contributed by atoms with Crippen LogP contribution in [0.25, 0.3) is 0 Å².